The van der Waals surface area contributed by atoms with Crippen molar-refractivity contribution < 1.29 is 4.74 Å². The number of hydrogen-bond acceptors (Lipinski definition) is 4. The predicted molar refractivity (Wildman–Crippen MR) is 200 cm³/mol. The van der Waals surface area contributed by atoms with Gasteiger partial charge in [-0.15, -0.1) is 0 Å². The van der Waals surface area contributed by atoms with E-state index in [-0.39, 0.29) is 0 Å². The van der Waals surface area contributed by atoms with Crippen LogP contribution in [0.3, 0.4) is 0 Å². The van der Waals surface area contributed by atoms with Crippen molar-refractivity contribution in [3.63, 3.8) is 0 Å². The van der Waals surface area contributed by atoms with Gasteiger partial charge in [0, 0.05) is 39.0 Å². The molecule has 50 heavy (non-hydrogen) atoms. The molecule has 0 bridgehead atoms. The number of aromatic nitrogens is 3. The van der Waals surface area contributed by atoms with Crippen molar-refractivity contribution in [3.8, 4) is 61.9 Å². The van der Waals surface area contributed by atoms with Gasteiger partial charge in [0.05, 0.1) is 0 Å². The van der Waals surface area contributed by atoms with Crippen LogP contribution in [0.4, 0.5) is 0 Å². The van der Waals surface area contributed by atoms with E-state index < -0.39 is 5.60 Å². The van der Waals surface area contributed by atoms with Crippen LogP contribution in [-0.4, -0.2) is 15.0 Å². The molecule has 236 valence electrons. The number of allylic oxidation sites excluding steroid dienone is 4. The Bertz CT molecular complexity index is 2470. The first-order chi connectivity index (χ1) is 24.8. The molecule has 4 heteroatoms. The highest BCUT2D eigenvalue weighted by atomic mass is 16.5. The van der Waals surface area contributed by atoms with Gasteiger partial charge >= 0.3 is 0 Å². The van der Waals surface area contributed by atoms with Crippen LogP contribution in [0.1, 0.15) is 35.4 Å². The fraction of sp³-hybridized carbons (Fsp3) is 0.0652. The highest BCUT2D eigenvalue weighted by Crippen LogP contribution is 2.58. The van der Waals surface area contributed by atoms with E-state index in [1.165, 1.54) is 33.4 Å². The highest BCUT2D eigenvalue weighted by Gasteiger charge is 2.50. The molecule has 7 aromatic rings. The van der Waals surface area contributed by atoms with Gasteiger partial charge in [-0.1, -0.05) is 152 Å². The topological polar surface area (TPSA) is 47.9 Å². The molecular formula is C46H31N3O. The van der Waals surface area contributed by atoms with E-state index in [1.807, 2.05) is 30.3 Å². The normalized spacial score (nSPS) is 14.6. The second-order valence-corrected chi connectivity index (χ2v) is 13.0. The van der Waals surface area contributed by atoms with Crippen molar-refractivity contribution in [1.29, 1.82) is 0 Å². The fourth-order valence-electron chi connectivity index (χ4n) is 7.79. The molecule has 4 nitrogen and oxygen atoms in total. The zero-order valence-corrected chi connectivity index (χ0v) is 27.3. The molecule has 2 aliphatic carbocycles. The van der Waals surface area contributed by atoms with E-state index in [4.69, 9.17) is 19.7 Å². The molecule has 3 aliphatic rings. The van der Waals surface area contributed by atoms with E-state index in [1.54, 1.807) is 0 Å². The smallest absolute Gasteiger partial charge is 0.186 e. The van der Waals surface area contributed by atoms with E-state index >= 15 is 0 Å². The molecular weight excluding hydrogens is 611 g/mol. The molecule has 1 aliphatic heterocycles. The first kappa shape index (κ1) is 28.6. The lowest BCUT2D eigenvalue weighted by Crippen LogP contribution is -2.36. The van der Waals surface area contributed by atoms with Crippen molar-refractivity contribution in [1.82, 2.24) is 15.0 Å². The van der Waals surface area contributed by atoms with Gasteiger partial charge in [-0.05, 0) is 52.8 Å². The average Bonchev–Trinajstić information content (AvgIpc) is 3.48. The van der Waals surface area contributed by atoms with Gasteiger partial charge in [0.25, 0.3) is 0 Å². The van der Waals surface area contributed by atoms with Crippen molar-refractivity contribution in [2.24, 2.45) is 0 Å². The Morgan fingerprint density at radius 2 is 0.960 bits per heavy atom. The summed E-state index contributed by atoms with van der Waals surface area (Å²) in [5.41, 5.74) is 12.8. The molecule has 1 aromatic heterocycles. The van der Waals surface area contributed by atoms with Crippen molar-refractivity contribution in [2.45, 2.75) is 18.4 Å². The molecule has 0 unspecified atom stereocenters. The summed E-state index contributed by atoms with van der Waals surface area (Å²) in [6.45, 7) is 0. The summed E-state index contributed by atoms with van der Waals surface area (Å²) in [5.74, 6) is 2.92. The second-order valence-electron chi connectivity index (χ2n) is 13.0. The number of ether oxygens (including phenoxy) is 1. The standard InChI is InChI=1S/C46H31N3O/c1-3-13-31(14-4-1)43-47-44(32-15-5-2-6-16-32)49-45(48-43)33-25-23-30(24-26-33)34-27-28-42-38(29-34)37-19-9-12-22-41(37)46(50-42)39-20-10-7-17-35(39)36-18-8-11-21-40(36)46/h1,3-5,7-29H,2,6H2. The molecule has 0 radical (unpaired) electrons. The quantitative estimate of drug-likeness (QED) is 0.192. The van der Waals surface area contributed by atoms with E-state index in [0.717, 1.165) is 52.0 Å². The summed E-state index contributed by atoms with van der Waals surface area (Å²) < 4.78 is 7.20. The zero-order chi connectivity index (χ0) is 33.1. The molecule has 10 rings (SSSR count). The maximum atomic E-state index is 7.20. The van der Waals surface area contributed by atoms with Crippen molar-refractivity contribution >= 4 is 5.57 Å². The van der Waals surface area contributed by atoms with Crippen molar-refractivity contribution in [2.75, 3.05) is 0 Å². The van der Waals surface area contributed by atoms with Crippen LogP contribution in [0.5, 0.6) is 5.75 Å². The summed E-state index contributed by atoms with van der Waals surface area (Å²) in [7, 11) is 0. The van der Waals surface area contributed by atoms with Gasteiger partial charge in [0.1, 0.15) is 5.75 Å². The van der Waals surface area contributed by atoms with E-state index in [0.29, 0.717) is 17.5 Å². The molecule has 0 atom stereocenters. The third-order valence-corrected chi connectivity index (χ3v) is 10.1. The summed E-state index contributed by atoms with van der Waals surface area (Å²) >= 11 is 0. The van der Waals surface area contributed by atoms with Crippen LogP contribution in [-0.2, 0) is 5.60 Å². The van der Waals surface area contributed by atoms with Gasteiger partial charge in [-0.3, -0.25) is 0 Å². The van der Waals surface area contributed by atoms with Crippen LogP contribution in [0.15, 0.2) is 164 Å². The average molecular weight is 642 g/mol. The maximum Gasteiger partial charge on any atom is 0.186 e. The lowest BCUT2D eigenvalue weighted by molar-refractivity contribution is 0.157. The van der Waals surface area contributed by atoms with Crippen LogP contribution in [0.2, 0.25) is 0 Å². The number of rotatable bonds is 4. The molecule has 2 heterocycles. The number of hydrogen-bond donors (Lipinski definition) is 0. The molecule has 1 spiro atoms. The van der Waals surface area contributed by atoms with Crippen LogP contribution >= 0.6 is 0 Å². The van der Waals surface area contributed by atoms with Gasteiger partial charge in [0.2, 0.25) is 0 Å². The Hall–Kier alpha value is -6.39. The van der Waals surface area contributed by atoms with Crippen LogP contribution < -0.4 is 4.74 Å². The Morgan fingerprint density at radius 3 is 1.58 bits per heavy atom. The Balaban J connectivity index is 1.04. The minimum Gasteiger partial charge on any atom is -0.472 e. The third kappa shape index (κ3) is 4.42. The van der Waals surface area contributed by atoms with Gasteiger partial charge in [0.15, 0.2) is 23.1 Å². The highest BCUT2D eigenvalue weighted by molar-refractivity contribution is 5.89. The minimum atomic E-state index is -0.703. The summed E-state index contributed by atoms with van der Waals surface area (Å²) in [5, 5.41) is 0. The van der Waals surface area contributed by atoms with E-state index in [2.05, 4.69) is 133 Å². The Morgan fingerprint density at radius 1 is 0.440 bits per heavy atom. The molecule has 0 saturated carbocycles. The first-order valence-electron chi connectivity index (χ1n) is 17.2. The molecule has 6 aromatic carbocycles. The third-order valence-electron chi connectivity index (χ3n) is 10.1. The molecule has 0 saturated heterocycles. The summed E-state index contributed by atoms with van der Waals surface area (Å²) in [6.07, 6.45) is 8.53. The Kier molecular flexibility index (Phi) is 6.50. The first-order valence-corrected chi connectivity index (χ1v) is 17.2. The monoisotopic (exact) mass is 641 g/mol. The SMILES string of the molecule is C1=CC(c2nc(-c3ccccc3)nc(-c3ccc(-c4ccc5c(c4)-c4ccccc4C4(O5)c5ccccc5-c5ccccc54)cc3)n2)=CCC1. The number of nitrogens with zero attached hydrogens (tertiary/aromatic N) is 3. The zero-order valence-electron chi connectivity index (χ0n) is 27.3. The Labute approximate surface area is 291 Å². The van der Waals surface area contributed by atoms with Crippen LogP contribution in [0, 0.1) is 0 Å². The molecule has 0 amide bonds. The largest absolute Gasteiger partial charge is 0.472 e. The van der Waals surface area contributed by atoms with Gasteiger partial charge in [-0.25, -0.2) is 15.0 Å². The van der Waals surface area contributed by atoms with E-state index in [9.17, 15) is 0 Å². The molecule has 0 fully saturated rings. The predicted octanol–water partition coefficient (Wildman–Crippen LogP) is 10.9. The van der Waals surface area contributed by atoms with Gasteiger partial charge in [-0.2, -0.15) is 0 Å². The summed E-state index contributed by atoms with van der Waals surface area (Å²) in [6, 6.07) is 51.2. The fourth-order valence-corrected chi connectivity index (χ4v) is 7.79. The van der Waals surface area contributed by atoms with Gasteiger partial charge < -0.3 is 4.74 Å². The number of fused-ring (bicyclic) bond motifs is 9. The minimum absolute atomic E-state index is 0.662. The number of benzene rings is 6. The van der Waals surface area contributed by atoms with Crippen LogP contribution in [0.25, 0.3) is 61.7 Å². The van der Waals surface area contributed by atoms with Crippen molar-refractivity contribution in [3.05, 3.63) is 186 Å². The molecule has 0 N–H and O–H groups in total. The lowest BCUT2D eigenvalue weighted by atomic mass is 9.77. The summed E-state index contributed by atoms with van der Waals surface area (Å²) in [4.78, 5) is 14.8. The second kappa shape index (κ2) is 11.4. The lowest BCUT2D eigenvalue weighted by Gasteiger charge is -2.39. The maximum absolute atomic E-state index is 7.20.